The molecule has 7 heteroatoms. The molecule has 1 fully saturated rings. The van der Waals surface area contributed by atoms with Crippen molar-refractivity contribution in [1.82, 2.24) is 9.97 Å². The van der Waals surface area contributed by atoms with Crippen molar-refractivity contribution >= 4 is 11.5 Å². The Morgan fingerprint density at radius 1 is 1.47 bits per heavy atom. The second-order valence-corrected chi connectivity index (χ2v) is 4.56. The molecular formula is C12H20N4O3. The maximum absolute atomic E-state index is 10.3. The van der Waals surface area contributed by atoms with Crippen LogP contribution in [0.2, 0.25) is 0 Å². The molecular weight excluding hydrogens is 248 g/mol. The van der Waals surface area contributed by atoms with Gasteiger partial charge in [-0.25, -0.2) is 4.98 Å². The number of hydrogen-bond acceptors (Lipinski definition) is 7. The summed E-state index contributed by atoms with van der Waals surface area (Å²) in [6.45, 7) is 3.87. The number of aliphatic hydroxyl groups is 1. The average molecular weight is 268 g/mol. The van der Waals surface area contributed by atoms with Crippen molar-refractivity contribution in [2.24, 2.45) is 0 Å². The Balaban J connectivity index is 2.00. The van der Waals surface area contributed by atoms with Gasteiger partial charge in [0.05, 0.1) is 12.2 Å². The molecule has 2 heterocycles. The summed E-state index contributed by atoms with van der Waals surface area (Å²) >= 11 is 0. The first kappa shape index (κ1) is 13.8. The summed E-state index contributed by atoms with van der Waals surface area (Å²) in [7, 11) is 0. The summed E-state index contributed by atoms with van der Waals surface area (Å²) in [5, 5.41) is 13.4. The van der Waals surface area contributed by atoms with E-state index in [-0.39, 0.29) is 0 Å². The first-order chi connectivity index (χ1) is 9.14. The van der Waals surface area contributed by atoms with E-state index in [0.29, 0.717) is 56.6 Å². The number of nitrogens with zero attached hydrogens (tertiary/aromatic N) is 2. The van der Waals surface area contributed by atoms with Crippen molar-refractivity contribution in [3.8, 4) is 5.88 Å². The molecule has 0 saturated carbocycles. The second-order valence-electron chi connectivity index (χ2n) is 4.56. The van der Waals surface area contributed by atoms with Crippen LogP contribution in [-0.4, -0.2) is 47.0 Å². The van der Waals surface area contributed by atoms with Gasteiger partial charge in [-0.1, -0.05) is 0 Å². The molecule has 106 valence electrons. The Morgan fingerprint density at radius 3 is 2.89 bits per heavy atom. The highest BCUT2D eigenvalue weighted by atomic mass is 16.5. The van der Waals surface area contributed by atoms with Crippen LogP contribution < -0.4 is 15.8 Å². The number of nitrogen functional groups attached to an aromatic ring is 1. The number of rotatable bonds is 5. The van der Waals surface area contributed by atoms with E-state index in [1.165, 1.54) is 6.33 Å². The molecule has 0 unspecified atom stereocenters. The number of hydrogen-bond donors (Lipinski definition) is 3. The molecule has 0 bridgehead atoms. The zero-order valence-corrected chi connectivity index (χ0v) is 11.1. The van der Waals surface area contributed by atoms with Gasteiger partial charge >= 0.3 is 0 Å². The van der Waals surface area contributed by atoms with E-state index in [0.717, 1.165) is 0 Å². The van der Waals surface area contributed by atoms with Gasteiger partial charge in [0, 0.05) is 32.6 Å². The quantitative estimate of drug-likeness (QED) is 0.710. The minimum Gasteiger partial charge on any atom is -0.476 e. The van der Waals surface area contributed by atoms with Gasteiger partial charge in [0.2, 0.25) is 5.88 Å². The van der Waals surface area contributed by atoms with Gasteiger partial charge in [-0.15, -0.1) is 0 Å². The summed E-state index contributed by atoms with van der Waals surface area (Å²) in [4.78, 5) is 8.03. The molecule has 1 aliphatic rings. The van der Waals surface area contributed by atoms with Crippen LogP contribution in [0.5, 0.6) is 5.88 Å². The van der Waals surface area contributed by atoms with Crippen molar-refractivity contribution < 1.29 is 14.6 Å². The third-order valence-electron chi connectivity index (χ3n) is 3.14. The minimum atomic E-state index is -0.776. The van der Waals surface area contributed by atoms with Gasteiger partial charge in [-0.3, -0.25) is 0 Å². The molecule has 19 heavy (non-hydrogen) atoms. The zero-order chi connectivity index (χ0) is 13.7. The highest BCUT2D eigenvalue weighted by Gasteiger charge is 2.29. The highest BCUT2D eigenvalue weighted by Crippen LogP contribution is 2.26. The SMILES string of the molecule is CCOc1ncnc(NCC2(O)CCOCC2)c1N. The minimum absolute atomic E-state index is 0.360. The van der Waals surface area contributed by atoms with Crippen molar-refractivity contribution in [2.45, 2.75) is 25.4 Å². The molecule has 0 amide bonds. The van der Waals surface area contributed by atoms with Crippen molar-refractivity contribution in [2.75, 3.05) is 37.4 Å². The van der Waals surface area contributed by atoms with Crippen LogP contribution in [-0.2, 0) is 4.74 Å². The Kier molecular flexibility index (Phi) is 4.39. The topological polar surface area (TPSA) is 103 Å². The number of nitrogens with two attached hydrogens (primary N) is 1. The lowest BCUT2D eigenvalue weighted by Gasteiger charge is -2.32. The molecule has 0 aliphatic carbocycles. The maximum atomic E-state index is 10.3. The monoisotopic (exact) mass is 268 g/mol. The molecule has 4 N–H and O–H groups in total. The van der Waals surface area contributed by atoms with Crippen LogP contribution in [0.15, 0.2) is 6.33 Å². The summed E-state index contributed by atoms with van der Waals surface area (Å²) in [5.74, 6) is 0.845. The average Bonchev–Trinajstić information content (AvgIpc) is 2.41. The van der Waals surface area contributed by atoms with E-state index in [1.807, 2.05) is 6.92 Å². The third kappa shape index (κ3) is 3.45. The number of anilines is 2. The Labute approximate surface area is 112 Å². The van der Waals surface area contributed by atoms with E-state index in [9.17, 15) is 5.11 Å². The number of ether oxygens (including phenoxy) is 2. The first-order valence-electron chi connectivity index (χ1n) is 6.42. The lowest BCUT2D eigenvalue weighted by atomic mass is 9.94. The van der Waals surface area contributed by atoms with Gasteiger partial charge < -0.3 is 25.6 Å². The highest BCUT2D eigenvalue weighted by molar-refractivity contribution is 5.66. The smallest absolute Gasteiger partial charge is 0.242 e. The molecule has 1 aromatic rings. The molecule has 0 aromatic carbocycles. The summed E-state index contributed by atoms with van der Waals surface area (Å²) in [5.41, 5.74) is 5.49. The number of nitrogens with one attached hydrogen (secondary N) is 1. The molecule has 0 atom stereocenters. The predicted octanol–water partition coefficient (Wildman–Crippen LogP) is 0.411. The van der Waals surface area contributed by atoms with Gasteiger partial charge in [0.1, 0.15) is 12.0 Å². The molecule has 1 aromatic heterocycles. The normalized spacial score (nSPS) is 18.0. The van der Waals surface area contributed by atoms with Crippen LogP contribution in [0.1, 0.15) is 19.8 Å². The Bertz CT molecular complexity index is 421. The van der Waals surface area contributed by atoms with E-state index >= 15 is 0 Å². The summed E-state index contributed by atoms with van der Waals surface area (Å²) in [6, 6.07) is 0. The van der Waals surface area contributed by atoms with Gasteiger partial charge in [-0.05, 0) is 6.92 Å². The third-order valence-corrected chi connectivity index (χ3v) is 3.14. The summed E-state index contributed by atoms with van der Waals surface area (Å²) < 4.78 is 10.5. The predicted molar refractivity (Wildman–Crippen MR) is 71.1 cm³/mol. The molecule has 1 saturated heterocycles. The van der Waals surface area contributed by atoms with E-state index in [2.05, 4.69) is 15.3 Å². The second kappa shape index (κ2) is 6.03. The van der Waals surface area contributed by atoms with Crippen molar-refractivity contribution in [1.29, 1.82) is 0 Å². The fourth-order valence-corrected chi connectivity index (χ4v) is 1.95. The molecule has 2 rings (SSSR count). The Hall–Kier alpha value is -1.60. The maximum Gasteiger partial charge on any atom is 0.242 e. The molecule has 0 radical (unpaired) electrons. The lowest BCUT2D eigenvalue weighted by molar-refractivity contribution is -0.0543. The van der Waals surface area contributed by atoms with Crippen LogP contribution in [0, 0.1) is 0 Å². The fraction of sp³-hybridized carbons (Fsp3) is 0.667. The largest absolute Gasteiger partial charge is 0.476 e. The fourth-order valence-electron chi connectivity index (χ4n) is 1.95. The van der Waals surface area contributed by atoms with Gasteiger partial charge in [0.15, 0.2) is 5.82 Å². The first-order valence-corrected chi connectivity index (χ1v) is 6.42. The van der Waals surface area contributed by atoms with Crippen LogP contribution in [0.4, 0.5) is 11.5 Å². The molecule has 1 aliphatic heterocycles. The van der Waals surface area contributed by atoms with E-state index in [1.54, 1.807) is 0 Å². The van der Waals surface area contributed by atoms with Gasteiger partial charge in [0.25, 0.3) is 0 Å². The Morgan fingerprint density at radius 2 is 2.21 bits per heavy atom. The molecule has 0 spiro atoms. The van der Waals surface area contributed by atoms with E-state index in [4.69, 9.17) is 15.2 Å². The van der Waals surface area contributed by atoms with Crippen molar-refractivity contribution in [3.05, 3.63) is 6.33 Å². The zero-order valence-electron chi connectivity index (χ0n) is 11.1. The van der Waals surface area contributed by atoms with Crippen LogP contribution in [0.3, 0.4) is 0 Å². The molecule has 7 nitrogen and oxygen atoms in total. The van der Waals surface area contributed by atoms with Crippen LogP contribution in [0.25, 0.3) is 0 Å². The summed E-state index contributed by atoms with van der Waals surface area (Å²) in [6.07, 6.45) is 2.59. The van der Waals surface area contributed by atoms with E-state index < -0.39 is 5.60 Å². The van der Waals surface area contributed by atoms with Gasteiger partial charge in [-0.2, -0.15) is 4.98 Å². The van der Waals surface area contributed by atoms with Crippen molar-refractivity contribution in [3.63, 3.8) is 0 Å². The number of aromatic nitrogens is 2. The van der Waals surface area contributed by atoms with Crippen LogP contribution >= 0.6 is 0 Å². The standard InChI is InChI=1S/C12H20N4O3/c1-2-19-11-9(13)10(15-8-16-11)14-7-12(17)3-5-18-6-4-12/h8,17H,2-7,13H2,1H3,(H,14,15,16). The lowest BCUT2D eigenvalue weighted by Crippen LogP contribution is -2.42.